The van der Waals surface area contributed by atoms with E-state index in [-0.39, 0.29) is 29.6 Å². The number of aromatic amines is 1. The number of H-pyrrole nitrogens is 1. The van der Waals surface area contributed by atoms with E-state index in [1.807, 2.05) is 44.3 Å². The molecule has 0 aliphatic heterocycles. The molecule has 3 rings (SSSR count). The number of ketones is 1. The van der Waals surface area contributed by atoms with Gasteiger partial charge in [0.2, 0.25) is 0 Å². The van der Waals surface area contributed by atoms with Crippen molar-refractivity contribution < 1.29 is 15.0 Å². The highest BCUT2D eigenvalue weighted by atomic mass is 16.3. The molecule has 0 saturated heterocycles. The fourth-order valence-corrected chi connectivity index (χ4v) is 3.74. The van der Waals surface area contributed by atoms with Crippen molar-refractivity contribution in [3.8, 4) is 0 Å². The molecule has 5 heteroatoms. The first-order chi connectivity index (χ1) is 12.3. The number of allylic oxidation sites excluding steroid dienone is 2. The van der Waals surface area contributed by atoms with Gasteiger partial charge in [-0.25, -0.2) is 0 Å². The lowest BCUT2D eigenvalue weighted by atomic mass is 9.75. The second kappa shape index (κ2) is 7.08. The maximum Gasteiger partial charge on any atom is 0.168 e. The van der Waals surface area contributed by atoms with Crippen LogP contribution in [0.5, 0.6) is 0 Å². The zero-order chi connectivity index (χ0) is 18.9. The number of fused-ring (bicyclic) bond motifs is 1. The van der Waals surface area contributed by atoms with Gasteiger partial charge in [0.15, 0.2) is 5.78 Å². The van der Waals surface area contributed by atoms with Crippen molar-refractivity contribution in [2.75, 3.05) is 6.61 Å². The van der Waals surface area contributed by atoms with Crippen molar-refractivity contribution in [1.82, 2.24) is 4.98 Å². The third-order valence-electron chi connectivity index (χ3n) is 4.93. The Morgan fingerprint density at radius 3 is 2.73 bits per heavy atom. The molecule has 0 saturated carbocycles. The summed E-state index contributed by atoms with van der Waals surface area (Å²) < 4.78 is 0. The summed E-state index contributed by atoms with van der Waals surface area (Å²) in [5.74, 6) is 0.0278. The largest absolute Gasteiger partial charge is 0.511 e. The van der Waals surface area contributed by atoms with E-state index < -0.39 is 0 Å². The van der Waals surface area contributed by atoms with E-state index in [4.69, 9.17) is 0 Å². The smallest absolute Gasteiger partial charge is 0.168 e. The van der Waals surface area contributed by atoms with Crippen LogP contribution in [0.15, 0.2) is 46.8 Å². The third-order valence-corrected chi connectivity index (χ3v) is 4.93. The summed E-state index contributed by atoms with van der Waals surface area (Å²) >= 11 is 0. The summed E-state index contributed by atoms with van der Waals surface area (Å²) in [4.78, 5) is 20.2. The maximum absolute atomic E-state index is 12.5. The van der Waals surface area contributed by atoms with Crippen LogP contribution in [0, 0.1) is 5.41 Å². The molecule has 1 heterocycles. The molecule has 1 unspecified atom stereocenters. The molecule has 3 N–H and O–H groups in total. The van der Waals surface area contributed by atoms with Crippen LogP contribution in [-0.2, 0) is 11.2 Å². The number of carbonyl (C=O) groups excluding carboxylic acids is 1. The van der Waals surface area contributed by atoms with Crippen molar-refractivity contribution >= 4 is 22.4 Å². The summed E-state index contributed by atoms with van der Waals surface area (Å²) in [6, 6.07) is 7.63. The highest BCUT2D eigenvalue weighted by Crippen LogP contribution is 2.36. The molecule has 5 nitrogen and oxygen atoms in total. The summed E-state index contributed by atoms with van der Waals surface area (Å²) in [6.45, 7) is 5.56. The lowest BCUT2D eigenvalue weighted by Gasteiger charge is -2.29. The van der Waals surface area contributed by atoms with Crippen LogP contribution < -0.4 is 0 Å². The predicted molar refractivity (Wildman–Crippen MR) is 104 cm³/mol. The van der Waals surface area contributed by atoms with Gasteiger partial charge in [-0.15, -0.1) is 0 Å². The Labute approximate surface area is 153 Å². The van der Waals surface area contributed by atoms with Crippen LogP contribution in [-0.4, -0.2) is 39.3 Å². The van der Waals surface area contributed by atoms with Gasteiger partial charge in [0.1, 0.15) is 5.76 Å². The van der Waals surface area contributed by atoms with Crippen molar-refractivity contribution in [3.63, 3.8) is 0 Å². The van der Waals surface area contributed by atoms with Crippen LogP contribution in [0.25, 0.3) is 10.9 Å². The minimum absolute atomic E-state index is 0.0798. The van der Waals surface area contributed by atoms with Crippen molar-refractivity contribution in [1.29, 1.82) is 0 Å². The molecule has 0 amide bonds. The number of para-hydroxylation sites is 1. The lowest BCUT2D eigenvalue weighted by Crippen LogP contribution is -2.29. The van der Waals surface area contributed by atoms with Crippen LogP contribution in [0.4, 0.5) is 0 Å². The summed E-state index contributed by atoms with van der Waals surface area (Å²) in [6.07, 6.45) is 3.35. The Kier molecular flexibility index (Phi) is 5.01. The minimum Gasteiger partial charge on any atom is -0.511 e. The van der Waals surface area contributed by atoms with Gasteiger partial charge in [-0.1, -0.05) is 32.0 Å². The van der Waals surface area contributed by atoms with Crippen LogP contribution >= 0.6 is 0 Å². The molecule has 0 bridgehead atoms. The summed E-state index contributed by atoms with van der Waals surface area (Å²) in [5.41, 5.74) is 2.71. The van der Waals surface area contributed by atoms with Gasteiger partial charge in [-0.3, -0.25) is 9.79 Å². The van der Waals surface area contributed by atoms with E-state index in [1.54, 1.807) is 6.92 Å². The Balaban J connectivity index is 1.85. The van der Waals surface area contributed by atoms with E-state index in [1.165, 1.54) is 0 Å². The number of hydrogen-bond acceptors (Lipinski definition) is 4. The highest BCUT2D eigenvalue weighted by molar-refractivity contribution is 6.22. The quantitative estimate of drug-likeness (QED) is 0.715. The Hall–Kier alpha value is -2.40. The summed E-state index contributed by atoms with van der Waals surface area (Å²) in [5, 5.41) is 21.2. The van der Waals surface area contributed by atoms with Gasteiger partial charge in [0.05, 0.1) is 18.2 Å². The fraction of sp³-hybridized carbons (Fsp3) is 0.429. The number of hydrogen-bond donors (Lipinski definition) is 3. The number of aliphatic hydroxyl groups excluding tert-OH is 2. The molecule has 0 radical (unpaired) electrons. The fourth-order valence-electron chi connectivity index (χ4n) is 3.74. The van der Waals surface area contributed by atoms with Gasteiger partial charge in [0.25, 0.3) is 0 Å². The molecular weight excluding hydrogens is 328 g/mol. The number of benzene rings is 1. The number of carbonyl (C=O) groups is 1. The average Bonchev–Trinajstić information content (AvgIpc) is 2.95. The van der Waals surface area contributed by atoms with Crippen LogP contribution in [0.1, 0.15) is 39.2 Å². The first-order valence-corrected chi connectivity index (χ1v) is 8.96. The second-order valence-electron chi connectivity index (χ2n) is 7.88. The van der Waals surface area contributed by atoms with Crippen molar-refractivity contribution in [2.45, 2.75) is 46.1 Å². The predicted octanol–water partition coefficient (Wildman–Crippen LogP) is 3.73. The highest BCUT2D eigenvalue weighted by Gasteiger charge is 2.34. The SMILES string of the molecule is CC(=NC(CO)Cc1c[nH]c2ccccc12)C1=C(O)CC(C)(C)CC1=O. The van der Waals surface area contributed by atoms with Gasteiger partial charge in [0, 0.05) is 35.7 Å². The van der Waals surface area contributed by atoms with E-state index >= 15 is 0 Å². The van der Waals surface area contributed by atoms with Crippen molar-refractivity contribution in [3.05, 3.63) is 47.4 Å². The van der Waals surface area contributed by atoms with Gasteiger partial charge in [-0.2, -0.15) is 0 Å². The molecule has 1 aliphatic rings. The molecule has 1 aromatic carbocycles. The molecular formula is C21H26N2O3. The van der Waals surface area contributed by atoms with Gasteiger partial charge >= 0.3 is 0 Å². The maximum atomic E-state index is 12.5. The van der Waals surface area contributed by atoms with E-state index in [2.05, 4.69) is 9.98 Å². The molecule has 2 aromatic rings. The first kappa shape index (κ1) is 18.4. The Bertz CT molecular complexity index is 890. The number of rotatable bonds is 5. The molecule has 26 heavy (non-hydrogen) atoms. The number of nitrogens with zero attached hydrogens (tertiary/aromatic N) is 1. The Morgan fingerprint density at radius 1 is 1.31 bits per heavy atom. The van der Waals surface area contributed by atoms with Gasteiger partial charge < -0.3 is 15.2 Å². The minimum atomic E-state index is -0.364. The molecule has 0 fully saturated rings. The number of aliphatic hydroxyl groups is 2. The monoisotopic (exact) mass is 354 g/mol. The van der Waals surface area contributed by atoms with Crippen LogP contribution in [0.3, 0.4) is 0 Å². The van der Waals surface area contributed by atoms with E-state index in [0.717, 1.165) is 16.5 Å². The van der Waals surface area contributed by atoms with Gasteiger partial charge in [-0.05, 0) is 30.4 Å². The van der Waals surface area contributed by atoms with Crippen LogP contribution in [0.2, 0.25) is 0 Å². The molecule has 1 atom stereocenters. The standard InChI is InChI=1S/C21H26N2O3/c1-13(20-18(25)9-21(2,3)10-19(20)26)23-15(12-24)8-14-11-22-17-7-5-4-6-16(14)17/h4-7,11,15,22,24-25H,8-10,12H2,1-3H3. The van der Waals surface area contributed by atoms with E-state index in [9.17, 15) is 15.0 Å². The number of aromatic nitrogens is 1. The second-order valence-corrected chi connectivity index (χ2v) is 7.88. The summed E-state index contributed by atoms with van der Waals surface area (Å²) in [7, 11) is 0. The third kappa shape index (κ3) is 3.73. The normalized spacial score (nSPS) is 19.2. The average molecular weight is 354 g/mol. The molecule has 1 aliphatic carbocycles. The first-order valence-electron chi connectivity index (χ1n) is 8.96. The zero-order valence-corrected chi connectivity index (χ0v) is 15.5. The van der Waals surface area contributed by atoms with E-state index in [0.29, 0.717) is 30.5 Å². The number of Topliss-reactive ketones (excluding diaryl/α,β-unsaturated/α-hetero) is 1. The zero-order valence-electron chi connectivity index (χ0n) is 15.5. The van der Waals surface area contributed by atoms with Crippen molar-refractivity contribution in [2.24, 2.45) is 10.4 Å². The number of nitrogens with one attached hydrogen (secondary N) is 1. The molecule has 138 valence electrons. The number of aliphatic imine (C=N–C) groups is 1. The Morgan fingerprint density at radius 2 is 2.04 bits per heavy atom. The molecule has 1 aromatic heterocycles. The topological polar surface area (TPSA) is 85.7 Å². The lowest BCUT2D eigenvalue weighted by molar-refractivity contribution is -0.117. The molecule has 0 spiro atoms.